The van der Waals surface area contributed by atoms with Gasteiger partial charge in [-0.2, -0.15) is 0 Å². The van der Waals surface area contributed by atoms with Crippen LogP contribution in [0.15, 0.2) is 24.3 Å². The van der Waals surface area contributed by atoms with E-state index < -0.39 is 5.41 Å². The molecule has 1 aliphatic carbocycles. The number of nitrogens with one attached hydrogen (secondary N) is 1. The maximum absolute atomic E-state index is 12.0. The van der Waals surface area contributed by atoms with Gasteiger partial charge >= 0.3 is 5.97 Å². The molecule has 1 aromatic rings. The van der Waals surface area contributed by atoms with Crippen molar-refractivity contribution in [1.29, 1.82) is 0 Å². The SMILES string of the molecule is CNC[C@@H]1C[C@]1(C(=O)OC)c1ccccc1Cl. The minimum absolute atomic E-state index is 0.189. The highest BCUT2D eigenvalue weighted by Gasteiger charge is 2.62. The van der Waals surface area contributed by atoms with Crippen molar-refractivity contribution in [3.8, 4) is 0 Å². The Labute approximate surface area is 106 Å². The minimum atomic E-state index is -0.546. The van der Waals surface area contributed by atoms with E-state index in [-0.39, 0.29) is 11.9 Å². The molecular weight excluding hydrogens is 238 g/mol. The summed E-state index contributed by atoms with van der Waals surface area (Å²) in [5.74, 6) is 0.0747. The molecule has 1 aliphatic rings. The van der Waals surface area contributed by atoms with Crippen LogP contribution in [-0.2, 0) is 14.9 Å². The predicted molar refractivity (Wildman–Crippen MR) is 67.2 cm³/mol. The zero-order valence-corrected chi connectivity index (χ0v) is 10.8. The Morgan fingerprint density at radius 2 is 2.29 bits per heavy atom. The number of hydrogen-bond donors (Lipinski definition) is 1. The lowest BCUT2D eigenvalue weighted by Crippen LogP contribution is -2.28. The zero-order valence-electron chi connectivity index (χ0n) is 10.00. The molecule has 92 valence electrons. The lowest BCUT2D eigenvalue weighted by molar-refractivity contribution is -0.144. The van der Waals surface area contributed by atoms with E-state index in [4.69, 9.17) is 16.3 Å². The lowest BCUT2D eigenvalue weighted by Gasteiger charge is -2.16. The summed E-state index contributed by atoms with van der Waals surface area (Å²) in [5.41, 5.74) is 0.338. The molecule has 4 heteroatoms. The molecule has 1 fully saturated rings. The Balaban J connectivity index is 2.37. The topological polar surface area (TPSA) is 38.3 Å². The molecule has 0 heterocycles. The van der Waals surface area contributed by atoms with Crippen LogP contribution in [0.2, 0.25) is 5.02 Å². The fraction of sp³-hybridized carbons (Fsp3) is 0.462. The van der Waals surface area contributed by atoms with Crippen LogP contribution in [0.25, 0.3) is 0 Å². The predicted octanol–water partition coefficient (Wildman–Crippen LogP) is 1.99. The van der Waals surface area contributed by atoms with Crippen molar-refractivity contribution in [1.82, 2.24) is 5.32 Å². The van der Waals surface area contributed by atoms with Gasteiger partial charge in [0, 0.05) is 5.02 Å². The van der Waals surface area contributed by atoms with Gasteiger partial charge in [0.05, 0.1) is 12.5 Å². The van der Waals surface area contributed by atoms with Crippen LogP contribution >= 0.6 is 11.6 Å². The normalized spacial score (nSPS) is 26.6. The monoisotopic (exact) mass is 253 g/mol. The standard InChI is InChI=1S/C13H16ClNO2/c1-15-8-9-7-13(9,12(16)17-2)10-5-3-4-6-11(10)14/h3-6,9,15H,7-8H2,1-2H3/t9-,13+/m0/s1. The second-order valence-electron chi connectivity index (χ2n) is 4.40. The van der Waals surface area contributed by atoms with Crippen molar-refractivity contribution >= 4 is 17.6 Å². The maximum atomic E-state index is 12.0. The molecule has 0 unspecified atom stereocenters. The van der Waals surface area contributed by atoms with Gasteiger partial charge in [-0.05, 0) is 37.6 Å². The molecule has 3 nitrogen and oxygen atoms in total. The van der Waals surface area contributed by atoms with Crippen LogP contribution in [0, 0.1) is 5.92 Å². The Kier molecular flexibility index (Phi) is 3.40. The van der Waals surface area contributed by atoms with Crippen molar-refractivity contribution < 1.29 is 9.53 Å². The Morgan fingerprint density at radius 3 is 2.88 bits per heavy atom. The fourth-order valence-electron chi connectivity index (χ4n) is 2.52. The molecule has 0 spiro atoms. The molecule has 0 aliphatic heterocycles. The number of hydrogen-bond acceptors (Lipinski definition) is 3. The minimum Gasteiger partial charge on any atom is -0.468 e. The van der Waals surface area contributed by atoms with Crippen LogP contribution < -0.4 is 5.32 Å². The number of carbonyl (C=O) groups is 1. The largest absolute Gasteiger partial charge is 0.468 e. The summed E-state index contributed by atoms with van der Waals surface area (Å²) >= 11 is 6.19. The summed E-state index contributed by atoms with van der Waals surface area (Å²) in [5, 5.41) is 3.74. The van der Waals surface area contributed by atoms with Crippen molar-refractivity contribution in [2.75, 3.05) is 20.7 Å². The molecular formula is C13H16ClNO2. The summed E-state index contributed by atoms with van der Waals surface area (Å²) in [6.45, 7) is 0.792. The van der Waals surface area contributed by atoms with Gasteiger partial charge in [0.15, 0.2) is 0 Å². The highest BCUT2D eigenvalue weighted by Crippen LogP contribution is 2.56. The molecule has 0 amide bonds. The Morgan fingerprint density at radius 1 is 1.59 bits per heavy atom. The smallest absolute Gasteiger partial charge is 0.316 e. The van der Waals surface area contributed by atoms with Gasteiger partial charge in [-0.1, -0.05) is 29.8 Å². The first-order valence-electron chi connectivity index (χ1n) is 5.65. The lowest BCUT2D eigenvalue weighted by atomic mass is 9.93. The van der Waals surface area contributed by atoms with Crippen molar-refractivity contribution in [2.24, 2.45) is 5.92 Å². The van der Waals surface area contributed by atoms with Crippen molar-refractivity contribution in [3.63, 3.8) is 0 Å². The number of benzene rings is 1. The summed E-state index contributed by atoms with van der Waals surface area (Å²) in [6.07, 6.45) is 0.796. The summed E-state index contributed by atoms with van der Waals surface area (Å²) in [6, 6.07) is 7.50. The first-order chi connectivity index (χ1) is 8.16. The third-order valence-electron chi connectivity index (χ3n) is 3.46. The van der Waals surface area contributed by atoms with Crippen LogP contribution in [0.3, 0.4) is 0 Å². The van der Waals surface area contributed by atoms with Crippen LogP contribution in [0.5, 0.6) is 0 Å². The zero-order chi connectivity index (χ0) is 12.5. The molecule has 0 saturated heterocycles. The second-order valence-corrected chi connectivity index (χ2v) is 4.81. The van der Waals surface area contributed by atoms with E-state index in [0.29, 0.717) is 5.02 Å². The molecule has 2 atom stereocenters. The second kappa shape index (κ2) is 4.67. The third kappa shape index (κ3) is 1.94. The van der Waals surface area contributed by atoms with E-state index in [9.17, 15) is 4.79 Å². The number of carbonyl (C=O) groups excluding carboxylic acids is 1. The average Bonchev–Trinajstić information content (AvgIpc) is 3.04. The van der Waals surface area contributed by atoms with E-state index in [1.54, 1.807) is 0 Å². The molecule has 0 radical (unpaired) electrons. The van der Waals surface area contributed by atoms with Gasteiger partial charge in [-0.15, -0.1) is 0 Å². The number of methoxy groups -OCH3 is 1. The number of rotatable bonds is 4. The highest BCUT2D eigenvalue weighted by molar-refractivity contribution is 6.31. The van der Waals surface area contributed by atoms with Gasteiger partial charge < -0.3 is 10.1 Å². The number of halogens is 1. The average molecular weight is 254 g/mol. The van der Waals surface area contributed by atoms with Crippen molar-refractivity contribution in [3.05, 3.63) is 34.9 Å². The summed E-state index contributed by atoms with van der Waals surface area (Å²) in [4.78, 5) is 12.0. The Hall–Kier alpha value is -1.06. The van der Waals surface area contributed by atoms with Crippen molar-refractivity contribution in [2.45, 2.75) is 11.8 Å². The molecule has 17 heavy (non-hydrogen) atoms. The van der Waals surface area contributed by atoms with Gasteiger partial charge in [0.1, 0.15) is 0 Å². The van der Waals surface area contributed by atoms with Gasteiger partial charge in [0.2, 0.25) is 0 Å². The van der Waals surface area contributed by atoms with Gasteiger partial charge in [0.25, 0.3) is 0 Å². The fourth-order valence-corrected chi connectivity index (χ4v) is 2.82. The van der Waals surface area contributed by atoms with Gasteiger partial charge in [-0.3, -0.25) is 4.79 Å². The summed E-state index contributed by atoms with van der Waals surface area (Å²) < 4.78 is 4.94. The first kappa shape index (κ1) is 12.4. The molecule has 0 bridgehead atoms. The molecule has 2 rings (SSSR count). The van der Waals surface area contributed by atoms with E-state index >= 15 is 0 Å². The molecule has 1 aromatic carbocycles. The van der Waals surface area contributed by atoms with Crippen LogP contribution in [0.4, 0.5) is 0 Å². The highest BCUT2D eigenvalue weighted by atomic mass is 35.5. The molecule has 1 saturated carbocycles. The van der Waals surface area contributed by atoms with E-state index in [0.717, 1.165) is 18.5 Å². The molecule has 0 aromatic heterocycles. The van der Waals surface area contributed by atoms with Crippen LogP contribution in [-0.4, -0.2) is 26.7 Å². The van der Waals surface area contributed by atoms with E-state index in [2.05, 4.69) is 5.32 Å². The number of ether oxygens (including phenoxy) is 1. The molecule has 1 N–H and O–H groups in total. The number of esters is 1. The van der Waals surface area contributed by atoms with E-state index in [1.165, 1.54) is 7.11 Å². The van der Waals surface area contributed by atoms with E-state index in [1.807, 2.05) is 31.3 Å². The first-order valence-corrected chi connectivity index (χ1v) is 6.02. The maximum Gasteiger partial charge on any atom is 0.316 e. The van der Waals surface area contributed by atoms with Crippen LogP contribution in [0.1, 0.15) is 12.0 Å². The third-order valence-corrected chi connectivity index (χ3v) is 3.79. The van der Waals surface area contributed by atoms with Gasteiger partial charge in [-0.25, -0.2) is 0 Å². The Bertz CT molecular complexity index is 435. The quantitative estimate of drug-likeness (QED) is 0.834. The summed E-state index contributed by atoms with van der Waals surface area (Å²) in [7, 11) is 3.31.